The van der Waals surface area contributed by atoms with Crippen molar-refractivity contribution >= 4 is 27.5 Å². The number of hydrogen-bond acceptors (Lipinski definition) is 3. The van der Waals surface area contributed by atoms with Crippen molar-refractivity contribution in [3.8, 4) is 0 Å². The summed E-state index contributed by atoms with van der Waals surface area (Å²) < 4.78 is 2.41. The molecule has 22 heavy (non-hydrogen) atoms. The van der Waals surface area contributed by atoms with Crippen LogP contribution in [0.1, 0.15) is 15.9 Å². The number of anilines is 1. The fourth-order valence-electron chi connectivity index (χ4n) is 2.03. The number of benzene rings is 1. The number of halogens is 1. The Balaban J connectivity index is 1.68. The lowest BCUT2D eigenvalue weighted by Crippen LogP contribution is -2.11. The van der Waals surface area contributed by atoms with E-state index in [0.29, 0.717) is 22.4 Å². The zero-order valence-corrected chi connectivity index (χ0v) is 13.2. The van der Waals surface area contributed by atoms with Crippen molar-refractivity contribution in [1.82, 2.24) is 14.8 Å². The average molecular weight is 357 g/mol. The van der Waals surface area contributed by atoms with Gasteiger partial charge in [0, 0.05) is 18.0 Å². The number of aromatic nitrogens is 3. The minimum absolute atomic E-state index is 0.192. The van der Waals surface area contributed by atoms with Crippen LogP contribution in [0, 0.1) is 0 Å². The first-order valence-electron chi connectivity index (χ1n) is 6.70. The average Bonchev–Trinajstić information content (AvgIpc) is 2.95. The summed E-state index contributed by atoms with van der Waals surface area (Å²) in [6.07, 6.45) is 5.02. The van der Waals surface area contributed by atoms with E-state index in [1.807, 2.05) is 30.3 Å². The molecule has 2 aromatic heterocycles. The van der Waals surface area contributed by atoms with E-state index >= 15 is 0 Å². The Morgan fingerprint density at radius 2 is 2.05 bits per heavy atom. The third-order valence-corrected chi connectivity index (χ3v) is 3.50. The molecule has 0 aliphatic rings. The summed E-state index contributed by atoms with van der Waals surface area (Å²) in [7, 11) is 0. The Hall–Kier alpha value is -2.47. The largest absolute Gasteiger partial charge is 0.319 e. The molecule has 1 N–H and O–H groups in total. The van der Waals surface area contributed by atoms with Gasteiger partial charge in [-0.2, -0.15) is 5.10 Å². The summed E-state index contributed by atoms with van der Waals surface area (Å²) >= 11 is 3.25. The summed E-state index contributed by atoms with van der Waals surface area (Å²) in [5, 5.41) is 7.08. The highest BCUT2D eigenvalue weighted by Gasteiger charge is 2.08. The van der Waals surface area contributed by atoms with Crippen LogP contribution in [0.15, 0.2) is 65.7 Å². The first-order chi connectivity index (χ1) is 10.7. The molecule has 5 nitrogen and oxygen atoms in total. The van der Waals surface area contributed by atoms with Gasteiger partial charge in [-0.05, 0) is 33.6 Å². The number of rotatable bonds is 4. The van der Waals surface area contributed by atoms with E-state index in [9.17, 15) is 4.79 Å². The van der Waals surface area contributed by atoms with Crippen molar-refractivity contribution in [3.05, 3.63) is 76.8 Å². The van der Waals surface area contributed by atoms with Crippen molar-refractivity contribution in [2.75, 3.05) is 5.32 Å². The molecular formula is C16H13BrN4O. The van der Waals surface area contributed by atoms with E-state index in [1.165, 1.54) is 0 Å². The van der Waals surface area contributed by atoms with E-state index < -0.39 is 0 Å². The summed E-state index contributed by atoms with van der Waals surface area (Å²) in [6.45, 7) is 0.664. The van der Waals surface area contributed by atoms with Crippen molar-refractivity contribution in [2.45, 2.75) is 6.54 Å². The lowest BCUT2D eigenvalue weighted by molar-refractivity contribution is 0.102. The summed E-state index contributed by atoms with van der Waals surface area (Å²) in [4.78, 5) is 16.1. The number of pyridine rings is 1. The highest BCUT2D eigenvalue weighted by atomic mass is 79.9. The molecule has 3 aromatic rings. The van der Waals surface area contributed by atoms with Crippen LogP contribution in [0.5, 0.6) is 0 Å². The Bertz CT molecular complexity index is 786. The number of hydrogen-bond donors (Lipinski definition) is 1. The van der Waals surface area contributed by atoms with Crippen LogP contribution in [0.25, 0.3) is 0 Å². The molecule has 0 radical (unpaired) electrons. The van der Waals surface area contributed by atoms with Gasteiger partial charge in [0.15, 0.2) is 0 Å². The van der Waals surface area contributed by atoms with E-state index in [4.69, 9.17) is 0 Å². The number of nitrogens with zero attached hydrogens (tertiary/aromatic N) is 3. The van der Waals surface area contributed by atoms with Gasteiger partial charge in [-0.25, -0.2) is 4.98 Å². The molecule has 110 valence electrons. The highest BCUT2D eigenvalue weighted by Crippen LogP contribution is 2.12. The van der Waals surface area contributed by atoms with Crippen LogP contribution in [0.2, 0.25) is 0 Å². The molecule has 6 heteroatoms. The Labute approximate surface area is 136 Å². The normalized spacial score (nSPS) is 10.4. The van der Waals surface area contributed by atoms with Gasteiger partial charge in [0.05, 0.1) is 18.4 Å². The topological polar surface area (TPSA) is 59.8 Å². The molecule has 3 rings (SSSR count). The van der Waals surface area contributed by atoms with Crippen LogP contribution in [-0.4, -0.2) is 20.7 Å². The molecule has 0 saturated carbocycles. The zero-order valence-electron chi connectivity index (χ0n) is 11.6. The molecule has 0 aliphatic carbocycles. The highest BCUT2D eigenvalue weighted by molar-refractivity contribution is 9.10. The van der Waals surface area contributed by atoms with Gasteiger partial charge in [0.1, 0.15) is 4.60 Å². The maximum absolute atomic E-state index is 12.1. The van der Waals surface area contributed by atoms with Crippen molar-refractivity contribution in [3.63, 3.8) is 0 Å². The minimum atomic E-state index is -0.192. The maximum Gasteiger partial charge on any atom is 0.255 e. The quantitative estimate of drug-likeness (QED) is 0.729. The predicted octanol–water partition coefficient (Wildman–Crippen LogP) is 3.34. The molecule has 0 aliphatic heterocycles. The molecule has 0 spiro atoms. The molecule has 0 saturated heterocycles. The number of amides is 1. The fraction of sp³-hybridized carbons (Fsp3) is 0.0625. The van der Waals surface area contributed by atoms with Gasteiger partial charge in [-0.1, -0.05) is 30.3 Å². The predicted molar refractivity (Wildman–Crippen MR) is 87.7 cm³/mol. The molecule has 0 unspecified atom stereocenters. The summed E-state index contributed by atoms with van der Waals surface area (Å²) in [6, 6.07) is 13.4. The maximum atomic E-state index is 12.1. The van der Waals surface area contributed by atoms with Crippen LogP contribution in [0.4, 0.5) is 5.69 Å². The van der Waals surface area contributed by atoms with E-state index in [-0.39, 0.29) is 5.91 Å². The standard InChI is InChI=1S/C16H13BrN4O/c17-15-8-13(6-7-18-15)16(22)20-14-9-19-21(11-14)10-12-4-2-1-3-5-12/h1-9,11H,10H2,(H,20,22). The van der Waals surface area contributed by atoms with E-state index in [2.05, 4.69) is 31.3 Å². The molecule has 0 bridgehead atoms. The second-order valence-electron chi connectivity index (χ2n) is 4.73. The molecule has 0 fully saturated rings. The van der Waals surface area contributed by atoms with Gasteiger partial charge in [0.2, 0.25) is 0 Å². The van der Waals surface area contributed by atoms with E-state index in [0.717, 1.165) is 5.56 Å². The number of nitrogens with one attached hydrogen (secondary N) is 1. The van der Waals surface area contributed by atoms with Crippen LogP contribution < -0.4 is 5.32 Å². The van der Waals surface area contributed by atoms with Gasteiger partial charge in [-0.15, -0.1) is 0 Å². The third-order valence-electron chi connectivity index (χ3n) is 3.07. The Morgan fingerprint density at radius 1 is 1.23 bits per heavy atom. The van der Waals surface area contributed by atoms with Crippen LogP contribution in [-0.2, 0) is 6.54 Å². The minimum Gasteiger partial charge on any atom is -0.319 e. The van der Waals surface area contributed by atoms with Gasteiger partial charge in [-0.3, -0.25) is 9.48 Å². The Kier molecular flexibility index (Phi) is 4.29. The molecule has 0 atom stereocenters. The summed E-state index contributed by atoms with van der Waals surface area (Å²) in [5.74, 6) is -0.192. The van der Waals surface area contributed by atoms with Crippen molar-refractivity contribution < 1.29 is 4.79 Å². The van der Waals surface area contributed by atoms with Gasteiger partial charge >= 0.3 is 0 Å². The Morgan fingerprint density at radius 3 is 2.82 bits per heavy atom. The molecule has 1 aromatic carbocycles. The van der Waals surface area contributed by atoms with Crippen LogP contribution in [0.3, 0.4) is 0 Å². The monoisotopic (exact) mass is 356 g/mol. The first kappa shape index (κ1) is 14.5. The third kappa shape index (κ3) is 3.59. The molecule has 1 amide bonds. The van der Waals surface area contributed by atoms with Gasteiger partial charge < -0.3 is 5.32 Å². The van der Waals surface area contributed by atoms with Crippen molar-refractivity contribution in [1.29, 1.82) is 0 Å². The van der Waals surface area contributed by atoms with Gasteiger partial charge in [0.25, 0.3) is 5.91 Å². The lowest BCUT2D eigenvalue weighted by atomic mass is 10.2. The van der Waals surface area contributed by atoms with Crippen LogP contribution >= 0.6 is 15.9 Å². The van der Waals surface area contributed by atoms with Crippen molar-refractivity contribution in [2.24, 2.45) is 0 Å². The smallest absolute Gasteiger partial charge is 0.255 e. The number of carbonyl (C=O) groups is 1. The second kappa shape index (κ2) is 6.53. The lowest BCUT2D eigenvalue weighted by Gasteiger charge is -2.03. The number of carbonyl (C=O) groups excluding carboxylic acids is 1. The van der Waals surface area contributed by atoms with E-state index in [1.54, 1.807) is 35.4 Å². The zero-order chi connectivity index (χ0) is 15.4. The molecule has 2 heterocycles. The summed E-state index contributed by atoms with van der Waals surface area (Å²) in [5.41, 5.74) is 2.35. The fourth-order valence-corrected chi connectivity index (χ4v) is 2.40. The first-order valence-corrected chi connectivity index (χ1v) is 7.49. The second-order valence-corrected chi connectivity index (χ2v) is 5.55. The SMILES string of the molecule is O=C(Nc1cnn(Cc2ccccc2)c1)c1ccnc(Br)c1. The molecular weight excluding hydrogens is 344 g/mol.